The van der Waals surface area contributed by atoms with E-state index in [1.54, 1.807) is 0 Å². The molecule has 14 heavy (non-hydrogen) atoms. The molecule has 1 aromatic carbocycles. The molecule has 2 nitrogen and oxygen atoms in total. The Morgan fingerprint density at radius 3 is 3.00 bits per heavy atom. The summed E-state index contributed by atoms with van der Waals surface area (Å²) in [5, 5.41) is 0. The topological polar surface area (TPSA) is 35.2 Å². The normalized spacial score (nSPS) is 15.3. The largest absolute Gasteiger partial charge is 0.493 e. The van der Waals surface area contributed by atoms with Gasteiger partial charge in [0.2, 0.25) is 0 Å². The van der Waals surface area contributed by atoms with Crippen LogP contribution in [0.1, 0.15) is 17.2 Å². The Hall–Kier alpha value is -0.800. The Kier molecular flexibility index (Phi) is 3.72. The third-order valence-corrected chi connectivity index (χ3v) is 2.31. The van der Waals surface area contributed by atoms with Crippen LogP contribution in [-0.2, 0) is 6.42 Å². The first-order valence-electron chi connectivity index (χ1n) is 4.38. The van der Waals surface area contributed by atoms with Crippen LogP contribution >= 0.6 is 12.4 Å². The molecule has 0 saturated heterocycles. The average Bonchev–Trinajstić information content (AvgIpc) is 2.63. The minimum absolute atomic E-state index is 0. The Labute approximate surface area is 88.7 Å². The van der Waals surface area contributed by atoms with Crippen LogP contribution < -0.4 is 10.5 Å². The zero-order valence-corrected chi connectivity index (χ0v) is 8.52. The molecule has 2 N–H and O–H groups in total. The number of hydrogen-bond donors (Lipinski definition) is 1. The number of ether oxygens (including phenoxy) is 1. The second-order valence-electron chi connectivity index (χ2n) is 3.23. The molecular weight excluding hydrogens is 205 g/mol. The molecule has 78 valence electrons. The third kappa shape index (κ3) is 1.99. The fourth-order valence-corrected chi connectivity index (χ4v) is 1.53. The van der Waals surface area contributed by atoms with Gasteiger partial charge in [-0.25, -0.2) is 4.39 Å². The molecule has 0 unspecified atom stereocenters. The first-order valence-corrected chi connectivity index (χ1v) is 4.38. The summed E-state index contributed by atoms with van der Waals surface area (Å²) < 4.78 is 17.6. The quantitative estimate of drug-likeness (QED) is 0.823. The van der Waals surface area contributed by atoms with Gasteiger partial charge in [0.1, 0.15) is 12.4 Å². The van der Waals surface area contributed by atoms with Gasteiger partial charge >= 0.3 is 0 Å². The molecular formula is C10H13ClFNO. The van der Waals surface area contributed by atoms with Crippen LogP contribution in [0.25, 0.3) is 0 Å². The SMILES string of the molecule is Cl.N[C@H](CF)c1ccc2c(c1)CCO2. The highest BCUT2D eigenvalue weighted by atomic mass is 35.5. The number of halogens is 2. The smallest absolute Gasteiger partial charge is 0.122 e. The summed E-state index contributed by atoms with van der Waals surface area (Å²) in [5.74, 6) is 0.912. The van der Waals surface area contributed by atoms with Gasteiger partial charge in [-0.1, -0.05) is 12.1 Å². The predicted octanol–water partition coefficient (Wildman–Crippen LogP) is 2.01. The van der Waals surface area contributed by atoms with Crippen LogP contribution in [0, 0.1) is 0 Å². The van der Waals surface area contributed by atoms with Gasteiger partial charge in [-0.3, -0.25) is 0 Å². The van der Waals surface area contributed by atoms with Crippen molar-refractivity contribution in [3.8, 4) is 5.75 Å². The lowest BCUT2D eigenvalue weighted by atomic mass is 10.0. The molecule has 1 heterocycles. The van der Waals surface area contributed by atoms with Gasteiger partial charge in [0.15, 0.2) is 0 Å². The van der Waals surface area contributed by atoms with Crippen LogP contribution in [0.5, 0.6) is 5.75 Å². The molecule has 0 spiro atoms. The molecule has 0 aliphatic carbocycles. The van der Waals surface area contributed by atoms with Crippen molar-refractivity contribution >= 4 is 12.4 Å². The van der Waals surface area contributed by atoms with E-state index in [4.69, 9.17) is 10.5 Å². The Morgan fingerprint density at radius 2 is 2.29 bits per heavy atom. The summed E-state index contributed by atoms with van der Waals surface area (Å²) in [6, 6.07) is 5.14. The highest BCUT2D eigenvalue weighted by molar-refractivity contribution is 5.85. The lowest BCUT2D eigenvalue weighted by Crippen LogP contribution is -2.12. The molecule has 0 aromatic heterocycles. The van der Waals surface area contributed by atoms with Gasteiger partial charge in [0.25, 0.3) is 0 Å². The zero-order chi connectivity index (χ0) is 9.26. The van der Waals surface area contributed by atoms with E-state index in [-0.39, 0.29) is 12.4 Å². The molecule has 1 aromatic rings. The molecule has 0 radical (unpaired) electrons. The van der Waals surface area contributed by atoms with Crippen molar-refractivity contribution in [1.82, 2.24) is 0 Å². The summed E-state index contributed by atoms with van der Waals surface area (Å²) in [7, 11) is 0. The van der Waals surface area contributed by atoms with Crippen LogP contribution in [0.4, 0.5) is 4.39 Å². The minimum atomic E-state index is -0.514. The molecule has 0 saturated carbocycles. The van der Waals surface area contributed by atoms with Crippen molar-refractivity contribution in [3.63, 3.8) is 0 Å². The van der Waals surface area contributed by atoms with E-state index < -0.39 is 12.7 Å². The third-order valence-electron chi connectivity index (χ3n) is 2.31. The molecule has 0 bridgehead atoms. The number of hydrogen-bond acceptors (Lipinski definition) is 2. The number of benzene rings is 1. The number of nitrogens with two attached hydrogens (primary N) is 1. The Bertz CT molecular complexity index is 319. The maximum atomic E-state index is 12.3. The van der Waals surface area contributed by atoms with Crippen molar-refractivity contribution < 1.29 is 9.13 Å². The second-order valence-corrected chi connectivity index (χ2v) is 3.23. The van der Waals surface area contributed by atoms with Crippen molar-refractivity contribution in [3.05, 3.63) is 29.3 Å². The van der Waals surface area contributed by atoms with Gasteiger partial charge in [0.05, 0.1) is 12.6 Å². The molecule has 4 heteroatoms. The lowest BCUT2D eigenvalue weighted by Gasteiger charge is -2.08. The summed E-state index contributed by atoms with van der Waals surface area (Å²) >= 11 is 0. The zero-order valence-electron chi connectivity index (χ0n) is 7.70. The van der Waals surface area contributed by atoms with E-state index >= 15 is 0 Å². The average molecular weight is 218 g/mol. The second kappa shape index (κ2) is 4.62. The first-order chi connectivity index (χ1) is 6.31. The fraction of sp³-hybridized carbons (Fsp3) is 0.400. The minimum Gasteiger partial charge on any atom is -0.493 e. The maximum absolute atomic E-state index is 12.3. The Balaban J connectivity index is 0.000000980. The molecule has 0 amide bonds. The van der Waals surface area contributed by atoms with E-state index in [2.05, 4.69) is 0 Å². The van der Waals surface area contributed by atoms with Gasteiger partial charge < -0.3 is 10.5 Å². The Morgan fingerprint density at radius 1 is 1.50 bits per heavy atom. The predicted molar refractivity (Wildman–Crippen MR) is 55.8 cm³/mol. The standard InChI is InChI=1S/C10H12FNO.ClH/c11-6-9(12)7-1-2-10-8(5-7)3-4-13-10;/h1-2,5,9H,3-4,6,12H2;1H/t9-;/m1./s1. The molecule has 0 fully saturated rings. The highest BCUT2D eigenvalue weighted by Gasteiger charge is 2.14. The van der Waals surface area contributed by atoms with E-state index in [9.17, 15) is 4.39 Å². The van der Waals surface area contributed by atoms with Crippen LogP contribution in [0.2, 0.25) is 0 Å². The van der Waals surface area contributed by atoms with Crippen LogP contribution in [0.15, 0.2) is 18.2 Å². The van der Waals surface area contributed by atoms with Crippen molar-refractivity contribution in [2.75, 3.05) is 13.3 Å². The summed E-state index contributed by atoms with van der Waals surface area (Å²) in [6.07, 6.45) is 0.905. The molecule has 1 aliphatic heterocycles. The van der Waals surface area contributed by atoms with Crippen molar-refractivity contribution in [2.24, 2.45) is 5.73 Å². The number of alkyl halides is 1. The van der Waals surface area contributed by atoms with Crippen LogP contribution in [-0.4, -0.2) is 13.3 Å². The van der Waals surface area contributed by atoms with Crippen molar-refractivity contribution in [1.29, 1.82) is 0 Å². The fourth-order valence-electron chi connectivity index (χ4n) is 1.53. The summed E-state index contributed by atoms with van der Waals surface area (Å²) in [5.41, 5.74) is 7.57. The maximum Gasteiger partial charge on any atom is 0.122 e. The lowest BCUT2D eigenvalue weighted by molar-refractivity contribution is 0.356. The summed E-state index contributed by atoms with van der Waals surface area (Å²) in [4.78, 5) is 0. The van der Waals surface area contributed by atoms with Crippen molar-refractivity contribution in [2.45, 2.75) is 12.5 Å². The first kappa shape index (κ1) is 11.3. The number of fused-ring (bicyclic) bond motifs is 1. The van der Waals surface area contributed by atoms with E-state index in [1.165, 1.54) is 0 Å². The summed E-state index contributed by atoms with van der Waals surface area (Å²) in [6.45, 7) is 0.212. The number of rotatable bonds is 2. The van der Waals surface area contributed by atoms with Gasteiger partial charge in [-0.05, 0) is 17.2 Å². The van der Waals surface area contributed by atoms with Gasteiger partial charge in [-0.2, -0.15) is 0 Å². The van der Waals surface area contributed by atoms with E-state index in [0.29, 0.717) is 0 Å². The van der Waals surface area contributed by atoms with Crippen LogP contribution in [0.3, 0.4) is 0 Å². The van der Waals surface area contributed by atoms with E-state index in [0.717, 1.165) is 29.9 Å². The van der Waals surface area contributed by atoms with Gasteiger partial charge in [0, 0.05) is 6.42 Å². The highest BCUT2D eigenvalue weighted by Crippen LogP contribution is 2.27. The van der Waals surface area contributed by atoms with Gasteiger partial charge in [-0.15, -0.1) is 12.4 Å². The van der Waals surface area contributed by atoms with E-state index in [1.807, 2.05) is 18.2 Å². The monoisotopic (exact) mass is 217 g/mol. The molecule has 2 rings (SSSR count). The molecule has 1 aliphatic rings. The molecule has 1 atom stereocenters.